The lowest BCUT2D eigenvalue weighted by Crippen LogP contribution is -2.38. The van der Waals surface area contributed by atoms with Crippen LogP contribution in [0.4, 0.5) is 0 Å². The number of imidazole rings is 1. The van der Waals surface area contributed by atoms with Crippen molar-refractivity contribution in [3.05, 3.63) is 36.4 Å². The summed E-state index contributed by atoms with van der Waals surface area (Å²) in [6.45, 7) is 0. The highest BCUT2D eigenvalue weighted by atomic mass is 32.2. The van der Waals surface area contributed by atoms with Gasteiger partial charge in [0.05, 0.1) is 22.4 Å². The first kappa shape index (κ1) is 12.1. The molecule has 4 heterocycles. The third-order valence-electron chi connectivity index (χ3n) is 4.35. The maximum Gasteiger partial charge on any atom is 0.234 e. The highest BCUT2D eigenvalue weighted by molar-refractivity contribution is 7.93. The van der Waals surface area contributed by atoms with Gasteiger partial charge in [-0.25, -0.2) is 18.4 Å². The van der Waals surface area contributed by atoms with Crippen LogP contribution in [0.1, 0.15) is 31.4 Å². The van der Waals surface area contributed by atoms with E-state index in [9.17, 15) is 8.42 Å². The first-order valence-corrected chi connectivity index (χ1v) is 8.49. The van der Waals surface area contributed by atoms with Gasteiger partial charge in [-0.2, -0.15) is 0 Å². The Kier molecular flexibility index (Phi) is 2.51. The van der Waals surface area contributed by atoms with Gasteiger partial charge in [-0.15, -0.1) is 0 Å². The largest absolute Gasteiger partial charge is 0.284 e. The summed E-state index contributed by atoms with van der Waals surface area (Å²) in [6.07, 6.45) is 10.5. The van der Waals surface area contributed by atoms with Crippen LogP contribution in [0.25, 0.3) is 11.4 Å². The zero-order valence-corrected chi connectivity index (χ0v) is 11.8. The lowest BCUT2D eigenvalue weighted by atomic mass is 9.96. The van der Waals surface area contributed by atoms with Crippen molar-refractivity contribution in [1.82, 2.24) is 14.4 Å². The molecule has 5 nitrogen and oxygen atoms in total. The lowest BCUT2D eigenvalue weighted by molar-refractivity contribution is 0.517. The molecule has 2 unspecified atom stereocenters. The molecule has 0 saturated carbocycles. The number of allylic oxidation sites excluding steroid dienone is 1. The molecule has 4 rings (SSSR count). The van der Waals surface area contributed by atoms with Crippen molar-refractivity contribution in [1.29, 1.82) is 0 Å². The Morgan fingerprint density at radius 1 is 1.25 bits per heavy atom. The normalized spacial score (nSPS) is 28.3. The van der Waals surface area contributed by atoms with Crippen molar-refractivity contribution in [3.8, 4) is 0 Å². The number of aromatic nitrogens is 3. The third kappa shape index (κ3) is 1.64. The number of fused-ring (bicyclic) bond motifs is 3. The molecule has 1 saturated heterocycles. The van der Waals surface area contributed by atoms with Gasteiger partial charge in [0.1, 0.15) is 0 Å². The van der Waals surface area contributed by atoms with E-state index in [2.05, 4.69) is 9.97 Å². The molecule has 2 aliphatic rings. The van der Waals surface area contributed by atoms with Gasteiger partial charge in [0.25, 0.3) is 0 Å². The Morgan fingerprint density at radius 2 is 2.15 bits per heavy atom. The summed E-state index contributed by atoms with van der Waals surface area (Å²) in [5, 5.41) is -0.532. The second-order valence-corrected chi connectivity index (χ2v) is 7.96. The fourth-order valence-corrected chi connectivity index (χ4v) is 5.56. The molecule has 2 aliphatic heterocycles. The summed E-state index contributed by atoms with van der Waals surface area (Å²) >= 11 is 0. The molecule has 2 aromatic heterocycles. The van der Waals surface area contributed by atoms with Crippen molar-refractivity contribution in [2.75, 3.05) is 0 Å². The van der Waals surface area contributed by atoms with Crippen LogP contribution >= 0.6 is 0 Å². The van der Waals surface area contributed by atoms with Gasteiger partial charge in [0.15, 0.2) is 9.84 Å². The summed E-state index contributed by atoms with van der Waals surface area (Å²) in [5.74, 6) is 0.655. The zero-order valence-electron chi connectivity index (χ0n) is 10.9. The molecular formula is C14H15N3O2S. The van der Waals surface area contributed by atoms with Gasteiger partial charge in [-0.1, -0.05) is 12.5 Å². The minimum atomic E-state index is -2.96. The van der Waals surface area contributed by atoms with Crippen molar-refractivity contribution >= 4 is 21.2 Å². The molecule has 2 atom stereocenters. The highest BCUT2D eigenvalue weighted by Gasteiger charge is 2.40. The van der Waals surface area contributed by atoms with E-state index in [0.717, 1.165) is 30.5 Å². The van der Waals surface area contributed by atoms with Crippen molar-refractivity contribution in [2.45, 2.75) is 36.2 Å². The van der Waals surface area contributed by atoms with Crippen LogP contribution in [0.2, 0.25) is 0 Å². The maximum atomic E-state index is 12.3. The molecule has 0 spiro atoms. The number of rotatable bonds is 1. The predicted molar refractivity (Wildman–Crippen MR) is 75.9 cm³/mol. The molecule has 2 bridgehead atoms. The van der Waals surface area contributed by atoms with Crippen LogP contribution in [-0.4, -0.2) is 33.3 Å². The second kappa shape index (κ2) is 4.15. The monoisotopic (exact) mass is 289 g/mol. The molecule has 0 aromatic carbocycles. The number of nitrogens with zero attached hydrogens (tertiary/aromatic N) is 3. The van der Waals surface area contributed by atoms with Crippen molar-refractivity contribution in [2.24, 2.45) is 0 Å². The molecular weight excluding hydrogens is 274 g/mol. The molecule has 0 N–H and O–H groups in total. The molecule has 6 heteroatoms. The van der Waals surface area contributed by atoms with E-state index in [1.807, 2.05) is 22.7 Å². The minimum Gasteiger partial charge on any atom is -0.284 e. The molecule has 20 heavy (non-hydrogen) atoms. The summed E-state index contributed by atoms with van der Waals surface area (Å²) in [7, 11) is -2.96. The minimum absolute atomic E-state index is 0.219. The Hall–Kier alpha value is -1.69. The van der Waals surface area contributed by atoms with Crippen LogP contribution in [0.5, 0.6) is 0 Å². The number of hydrogen-bond donors (Lipinski definition) is 0. The van der Waals surface area contributed by atoms with E-state index in [0.29, 0.717) is 12.2 Å². The van der Waals surface area contributed by atoms with E-state index in [1.54, 1.807) is 12.4 Å². The molecule has 1 fully saturated rings. The third-order valence-corrected chi connectivity index (χ3v) is 6.90. The number of sulfone groups is 1. The van der Waals surface area contributed by atoms with Crippen LogP contribution < -0.4 is 0 Å². The lowest BCUT2D eigenvalue weighted by Gasteiger charge is -2.33. The highest BCUT2D eigenvalue weighted by Crippen LogP contribution is 2.39. The van der Waals surface area contributed by atoms with Gasteiger partial charge in [0.2, 0.25) is 5.78 Å². The van der Waals surface area contributed by atoms with Crippen LogP contribution in [0, 0.1) is 0 Å². The molecule has 0 radical (unpaired) electrons. The Balaban J connectivity index is 1.86. The van der Waals surface area contributed by atoms with E-state index < -0.39 is 9.84 Å². The van der Waals surface area contributed by atoms with E-state index in [-0.39, 0.29) is 10.5 Å². The van der Waals surface area contributed by atoms with Gasteiger partial charge >= 0.3 is 0 Å². The average Bonchev–Trinajstić information content (AvgIpc) is 2.81. The van der Waals surface area contributed by atoms with E-state index >= 15 is 0 Å². The van der Waals surface area contributed by atoms with Gasteiger partial charge < -0.3 is 0 Å². The first-order chi connectivity index (χ1) is 9.66. The topological polar surface area (TPSA) is 64.3 Å². The molecule has 104 valence electrons. The van der Waals surface area contributed by atoms with Crippen molar-refractivity contribution < 1.29 is 8.42 Å². The molecule has 2 aromatic rings. The summed E-state index contributed by atoms with van der Waals surface area (Å²) < 4.78 is 26.5. The molecule has 0 amide bonds. The SMILES string of the molecule is O=S1(=O)C2C=C(c3cnc4ncccn34)CC1CCC2. The second-order valence-electron chi connectivity index (χ2n) is 5.51. The van der Waals surface area contributed by atoms with Gasteiger partial charge in [-0.05, 0) is 30.9 Å². The zero-order chi connectivity index (χ0) is 13.7. The van der Waals surface area contributed by atoms with Gasteiger partial charge in [0, 0.05) is 12.4 Å². The standard InChI is InChI=1S/C14H15N3O2S/c18-20(19)11-3-1-4-12(20)8-10(7-11)13-9-16-14-15-5-2-6-17(13)14/h2,5-7,9,11-12H,1,3-4,8H2. The Morgan fingerprint density at radius 3 is 3.00 bits per heavy atom. The fraction of sp³-hybridized carbons (Fsp3) is 0.429. The Labute approximate surface area is 117 Å². The van der Waals surface area contributed by atoms with Crippen LogP contribution in [0.3, 0.4) is 0 Å². The average molecular weight is 289 g/mol. The van der Waals surface area contributed by atoms with Crippen LogP contribution in [-0.2, 0) is 9.84 Å². The maximum absolute atomic E-state index is 12.3. The Bertz CT molecular complexity index is 807. The van der Waals surface area contributed by atoms with Crippen molar-refractivity contribution in [3.63, 3.8) is 0 Å². The number of hydrogen-bond acceptors (Lipinski definition) is 4. The summed E-state index contributed by atoms with van der Waals surface area (Å²) in [5.41, 5.74) is 2.06. The molecule has 0 aliphatic carbocycles. The van der Waals surface area contributed by atoms with Crippen LogP contribution in [0.15, 0.2) is 30.7 Å². The predicted octanol–water partition coefficient (Wildman–Crippen LogP) is 1.85. The first-order valence-electron chi connectivity index (χ1n) is 6.88. The fourth-order valence-electron chi connectivity index (χ4n) is 3.31. The van der Waals surface area contributed by atoms with Gasteiger partial charge in [-0.3, -0.25) is 4.40 Å². The quantitative estimate of drug-likeness (QED) is 0.803. The van der Waals surface area contributed by atoms with E-state index in [1.165, 1.54) is 0 Å². The summed E-state index contributed by atoms with van der Waals surface area (Å²) in [4.78, 5) is 8.49. The smallest absolute Gasteiger partial charge is 0.234 e. The summed E-state index contributed by atoms with van der Waals surface area (Å²) in [6, 6.07) is 1.86. The van der Waals surface area contributed by atoms with E-state index in [4.69, 9.17) is 0 Å².